The average molecular weight is 467 g/mol. The van der Waals surface area contributed by atoms with Crippen LogP contribution < -0.4 is 5.32 Å². The van der Waals surface area contributed by atoms with Gasteiger partial charge in [-0.2, -0.15) is 0 Å². The van der Waals surface area contributed by atoms with Crippen molar-refractivity contribution in [3.63, 3.8) is 0 Å². The SMILES string of the molecule is COCC(C)(NC(=O)OCC1c2ccccc2-c2ccccc21)C(=O)N1CCCCC1C(=O)O. The Labute approximate surface area is 198 Å². The fourth-order valence-electron chi connectivity index (χ4n) is 5.05. The lowest BCUT2D eigenvalue weighted by Gasteiger charge is -2.39. The van der Waals surface area contributed by atoms with Gasteiger partial charge in [-0.05, 0) is 48.4 Å². The van der Waals surface area contributed by atoms with Gasteiger partial charge in [0.1, 0.15) is 18.2 Å². The molecular weight excluding hydrogens is 436 g/mol. The van der Waals surface area contributed by atoms with Crippen LogP contribution in [0.4, 0.5) is 4.79 Å². The molecule has 180 valence electrons. The Balaban J connectivity index is 1.47. The smallest absolute Gasteiger partial charge is 0.408 e. The molecule has 2 atom stereocenters. The first-order valence-electron chi connectivity index (χ1n) is 11.5. The number of likely N-dealkylation sites (tertiary alicyclic amines) is 1. The summed E-state index contributed by atoms with van der Waals surface area (Å²) in [6.45, 7) is 1.85. The third-order valence-corrected chi connectivity index (χ3v) is 6.68. The number of methoxy groups -OCH3 is 1. The van der Waals surface area contributed by atoms with Gasteiger partial charge in [-0.25, -0.2) is 9.59 Å². The summed E-state index contributed by atoms with van der Waals surface area (Å²) in [5.74, 6) is -1.65. The van der Waals surface area contributed by atoms with E-state index in [1.807, 2.05) is 36.4 Å². The highest BCUT2D eigenvalue weighted by molar-refractivity contribution is 5.92. The van der Waals surface area contributed by atoms with Crippen LogP contribution in [-0.2, 0) is 19.1 Å². The highest BCUT2D eigenvalue weighted by Crippen LogP contribution is 2.44. The van der Waals surface area contributed by atoms with Gasteiger partial charge >= 0.3 is 12.1 Å². The van der Waals surface area contributed by atoms with Crippen molar-refractivity contribution in [2.45, 2.75) is 43.7 Å². The van der Waals surface area contributed by atoms with E-state index in [1.54, 1.807) is 0 Å². The number of carbonyl (C=O) groups is 3. The molecular formula is C26H30N2O6. The molecule has 8 heteroatoms. The Hall–Kier alpha value is -3.39. The van der Waals surface area contributed by atoms with Crippen molar-refractivity contribution in [3.8, 4) is 11.1 Å². The lowest BCUT2D eigenvalue weighted by atomic mass is 9.95. The van der Waals surface area contributed by atoms with Crippen molar-refractivity contribution >= 4 is 18.0 Å². The number of aliphatic carboxylic acids is 1. The summed E-state index contributed by atoms with van der Waals surface area (Å²) < 4.78 is 10.8. The molecule has 0 saturated carbocycles. The van der Waals surface area contributed by atoms with Crippen molar-refractivity contribution < 1.29 is 29.0 Å². The zero-order valence-electron chi connectivity index (χ0n) is 19.5. The van der Waals surface area contributed by atoms with E-state index in [2.05, 4.69) is 17.4 Å². The molecule has 1 aliphatic carbocycles. The number of nitrogens with one attached hydrogen (secondary N) is 1. The number of carbonyl (C=O) groups excluding carboxylic acids is 2. The van der Waals surface area contributed by atoms with Crippen LogP contribution >= 0.6 is 0 Å². The minimum Gasteiger partial charge on any atom is -0.480 e. The summed E-state index contributed by atoms with van der Waals surface area (Å²) in [4.78, 5) is 39.2. The molecule has 0 radical (unpaired) electrons. The minimum absolute atomic E-state index is 0.110. The van der Waals surface area contributed by atoms with Crippen LogP contribution in [0.25, 0.3) is 11.1 Å². The van der Waals surface area contributed by atoms with Crippen LogP contribution in [-0.4, -0.2) is 66.4 Å². The van der Waals surface area contributed by atoms with E-state index in [4.69, 9.17) is 9.47 Å². The van der Waals surface area contributed by atoms with Gasteiger partial charge in [0.15, 0.2) is 0 Å². The summed E-state index contributed by atoms with van der Waals surface area (Å²) in [5.41, 5.74) is 2.96. The molecule has 1 saturated heterocycles. The van der Waals surface area contributed by atoms with Gasteiger partial charge in [0, 0.05) is 19.6 Å². The van der Waals surface area contributed by atoms with Crippen LogP contribution in [0.3, 0.4) is 0 Å². The van der Waals surface area contributed by atoms with Gasteiger partial charge in [0.25, 0.3) is 5.91 Å². The summed E-state index contributed by atoms with van der Waals surface area (Å²) in [6.07, 6.45) is 1.08. The molecule has 34 heavy (non-hydrogen) atoms. The topological polar surface area (TPSA) is 105 Å². The van der Waals surface area contributed by atoms with Crippen molar-refractivity contribution in [1.82, 2.24) is 10.2 Å². The fraction of sp³-hybridized carbons (Fsp3) is 0.423. The average Bonchev–Trinajstić information content (AvgIpc) is 3.16. The van der Waals surface area contributed by atoms with Gasteiger partial charge in [-0.15, -0.1) is 0 Å². The van der Waals surface area contributed by atoms with Crippen LogP contribution in [0.1, 0.15) is 43.2 Å². The van der Waals surface area contributed by atoms with Crippen molar-refractivity contribution in [2.24, 2.45) is 0 Å². The molecule has 4 rings (SSSR count). The van der Waals surface area contributed by atoms with Crippen LogP contribution in [0.5, 0.6) is 0 Å². The Morgan fingerprint density at radius 3 is 2.26 bits per heavy atom. The number of carboxylic acids is 1. The number of hydrogen-bond donors (Lipinski definition) is 2. The molecule has 2 aromatic rings. The Morgan fingerprint density at radius 2 is 1.68 bits per heavy atom. The lowest BCUT2D eigenvalue weighted by molar-refractivity contribution is -0.156. The van der Waals surface area contributed by atoms with E-state index in [-0.39, 0.29) is 19.1 Å². The maximum atomic E-state index is 13.4. The molecule has 0 bridgehead atoms. The Morgan fingerprint density at radius 1 is 1.06 bits per heavy atom. The van der Waals surface area contributed by atoms with E-state index in [1.165, 1.54) is 18.9 Å². The van der Waals surface area contributed by atoms with Gasteiger partial charge in [0.05, 0.1) is 6.61 Å². The monoisotopic (exact) mass is 466 g/mol. The largest absolute Gasteiger partial charge is 0.480 e. The van der Waals surface area contributed by atoms with E-state index < -0.39 is 29.6 Å². The zero-order valence-corrected chi connectivity index (χ0v) is 19.5. The van der Waals surface area contributed by atoms with Crippen LogP contribution in [0, 0.1) is 0 Å². The first-order chi connectivity index (χ1) is 16.4. The minimum atomic E-state index is -1.46. The molecule has 2 aliphatic rings. The third kappa shape index (κ3) is 4.50. The Kier molecular flexibility index (Phi) is 6.88. The standard InChI is InChI=1S/C26H30N2O6/c1-26(16-33-2,24(31)28-14-8-7-13-22(28)23(29)30)27-25(32)34-15-21-19-11-5-3-9-17(19)18-10-4-6-12-20(18)21/h3-6,9-12,21-22H,7-8,13-16H2,1-2H3,(H,27,32)(H,29,30). The molecule has 2 amide bonds. The summed E-state index contributed by atoms with van der Waals surface area (Å²) >= 11 is 0. The first kappa shape index (κ1) is 23.8. The van der Waals surface area contributed by atoms with Crippen molar-refractivity contribution in [1.29, 1.82) is 0 Å². The normalized spacial score (nSPS) is 19.0. The number of ether oxygens (including phenoxy) is 2. The van der Waals surface area contributed by atoms with Crippen LogP contribution in [0.2, 0.25) is 0 Å². The van der Waals surface area contributed by atoms with Crippen molar-refractivity contribution in [3.05, 3.63) is 59.7 Å². The van der Waals surface area contributed by atoms with Gasteiger partial charge < -0.3 is 24.8 Å². The second-order valence-electron chi connectivity index (χ2n) is 9.06. The first-order valence-corrected chi connectivity index (χ1v) is 11.5. The molecule has 2 unspecified atom stereocenters. The molecule has 2 N–H and O–H groups in total. The number of carboxylic acid groups (broad SMARTS) is 1. The maximum Gasteiger partial charge on any atom is 0.408 e. The van der Waals surface area contributed by atoms with Gasteiger partial charge in [-0.1, -0.05) is 48.5 Å². The van der Waals surface area contributed by atoms with Crippen molar-refractivity contribution in [2.75, 3.05) is 26.9 Å². The lowest BCUT2D eigenvalue weighted by Crippen LogP contribution is -2.63. The summed E-state index contributed by atoms with van der Waals surface area (Å²) in [5, 5.41) is 12.2. The second-order valence-corrected chi connectivity index (χ2v) is 9.06. The third-order valence-electron chi connectivity index (χ3n) is 6.68. The molecule has 0 spiro atoms. The molecule has 1 aliphatic heterocycles. The number of benzene rings is 2. The second kappa shape index (κ2) is 9.85. The number of amides is 2. The quantitative estimate of drug-likeness (QED) is 0.648. The van der Waals surface area contributed by atoms with E-state index in [0.717, 1.165) is 28.7 Å². The van der Waals surface area contributed by atoms with Gasteiger partial charge in [0.2, 0.25) is 0 Å². The van der Waals surface area contributed by atoms with E-state index in [0.29, 0.717) is 19.4 Å². The molecule has 0 aromatic heterocycles. The number of nitrogens with zero attached hydrogens (tertiary/aromatic N) is 1. The number of fused-ring (bicyclic) bond motifs is 3. The zero-order chi connectivity index (χ0) is 24.3. The molecule has 1 heterocycles. The summed E-state index contributed by atoms with van der Waals surface area (Å²) in [6, 6.07) is 15.1. The molecule has 2 aromatic carbocycles. The number of piperidine rings is 1. The summed E-state index contributed by atoms with van der Waals surface area (Å²) in [7, 11) is 1.43. The maximum absolute atomic E-state index is 13.4. The highest BCUT2D eigenvalue weighted by atomic mass is 16.5. The Bertz CT molecular complexity index is 1040. The predicted octanol–water partition coefficient (Wildman–Crippen LogP) is 3.40. The number of hydrogen-bond acceptors (Lipinski definition) is 5. The van der Waals surface area contributed by atoms with Gasteiger partial charge in [-0.3, -0.25) is 4.79 Å². The molecule has 1 fully saturated rings. The van der Waals surface area contributed by atoms with E-state index in [9.17, 15) is 19.5 Å². The molecule has 8 nitrogen and oxygen atoms in total. The van der Waals surface area contributed by atoms with Crippen LogP contribution in [0.15, 0.2) is 48.5 Å². The predicted molar refractivity (Wildman–Crippen MR) is 125 cm³/mol. The highest BCUT2D eigenvalue weighted by Gasteiger charge is 2.43. The number of alkyl carbamates (subject to hydrolysis) is 1. The van der Waals surface area contributed by atoms with E-state index >= 15 is 0 Å². The fourth-order valence-corrected chi connectivity index (χ4v) is 5.05. The number of rotatable bonds is 7.